The Morgan fingerprint density at radius 2 is 1.71 bits per heavy atom. The molecular formula is C26H29N3O2. The second-order valence-electron chi connectivity index (χ2n) is 8.74. The zero-order valence-electron chi connectivity index (χ0n) is 18.1. The fourth-order valence-electron chi connectivity index (χ4n) is 5.26. The molecule has 2 amide bonds. The molecule has 31 heavy (non-hydrogen) atoms. The van der Waals surface area contributed by atoms with Crippen LogP contribution in [-0.4, -0.2) is 46.2 Å². The van der Waals surface area contributed by atoms with Crippen LogP contribution in [0.4, 0.5) is 0 Å². The van der Waals surface area contributed by atoms with Crippen LogP contribution in [0.1, 0.15) is 65.3 Å². The van der Waals surface area contributed by atoms with Crippen LogP contribution < -0.4 is 0 Å². The fourth-order valence-corrected chi connectivity index (χ4v) is 5.26. The van der Waals surface area contributed by atoms with Crippen molar-refractivity contribution in [3.8, 4) is 0 Å². The third-order valence-electron chi connectivity index (χ3n) is 6.80. The molecule has 0 spiro atoms. The normalized spacial score (nSPS) is 19.0. The number of para-hydroxylation sites is 1. The summed E-state index contributed by atoms with van der Waals surface area (Å²) in [4.78, 5) is 33.7. The van der Waals surface area contributed by atoms with Crippen LogP contribution in [0.5, 0.6) is 0 Å². The Hall–Kier alpha value is -3.08. The number of nitrogens with one attached hydrogen (secondary N) is 1. The lowest BCUT2D eigenvalue weighted by Gasteiger charge is -2.27. The summed E-state index contributed by atoms with van der Waals surface area (Å²) < 4.78 is 0. The number of aryl methyl sites for hydroxylation is 1. The first kappa shape index (κ1) is 19.9. The second-order valence-corrected chi connectivity index (χ2v) is 8.74. The van der Waals surface area contributed by atoms with E-state index in [0.29, 0.717) is 13.0 Å². The number of amides is 2. The molecule has 2 aromatic carbocycles. The van der Waals surface area contributed by atoms with Crippen LogP contribution >= 0.6 is 0 Å². The summed E-state index contributed by atoms with van der Waals surface area (Å²) in [7, 11) is 0. The Bertz CT molecular complexity index is 1120. The van der Waals surface area contributed by atoms with Gasteiger partial charge in [-0.2, -0.15) is 0 Å². The van der Waals surface area contributed by atoms with Gasteiger partial charge in [-0.15, -0.1) is 0 Å². The number of carbonyl (C=O) groups excluding carboxylic acids is 2. The highest BCUT2D eigenvalue weighted by molar-refractivity contribution is 6.01. The molecule has 1 saturated heterocycles. The molecule has 2 aliphatic heterocycles. The van der Waals surface area contributed by atoms with Crippen LogP contribution in [-0.2, 0) is 4.79 Å². The third kappa shape index (κ3) is 3.52. The van der Waals surface area contributed by atoms with Gasteiger partial charge in [0.1, 0.15) is 0 Å². The number of carbonyl (C=O) groups is 2. The van der Waals surface area contributed by atoms with Crippen molar-refractivity contribution in [3.63, 3.8) is 0 Å². The summed E-state index contributed by atoms with van der Waals surface area (Å²) in [6, 6.07) is 15.9. The number of benzene rings is 2. The quantitative estimate of drug-likeness (QED) is 0.665. The van der Waals surface area contributed by atoms with Crippen LogP contribution in [0.15, 0.2) is 48.5 Å². The van der Waals surface area contributed by atoms with E-state index in [-0.39, 0.29) is 17.9 Å². The Morgan fingerprint density at radius 3 is 2.52 bits per heavy atom. The third-order valence-corrected chi connectivity index (χ3v) is 6.80. The van der Waals surface area contributed by atoms with Crippen molar-refractivity contribution in [1.82, 2.24) is 14.8 Å². The van der Waals surface area contributed by atoms with Gasteiger partial charge in [0.15, 0.2) is 0 Å². The van der Waals surface area contributed by atoms with E-state index in [0.717, 1.165) is 59.2 Å². The summed E-state index contributed by atoms with van der Waals surface area (Å²) in [5, 5.41) is 1.14. The molecule has 5 rings (SSSR count). The van der Waals surface area contributed by atoms with Crippen molar-refractivity contribution in [2.45, 2.75) is 45.1 Å². The molecule has 0 bridgehead atoms. The molecule has 160 valence electrons. The van der Waals surface area contributed by atoms with Gasteiger partial charge < -0.3 is 14.8 Å². The van der Waals surface area contributed by atoms with Crippen molar-refractivity contribution in [2.24, 2.45) is 0 Å². The number of H-pyrrole nitrogens is 1. The van der Waals surface area contributed by atoms with Gasteiger partial charge in [-0.1, -0.05) is 49.2 Å². The van der Waals surface area contributed by atoms with E-state index in [1.54, 1.807) is 0 Å². The lowest BCUT2D eigenvalue weighted by Crippen LogP contribution is -2.36. The monoisotopic (exact) mass is 415 g/mol. The molecule has 5 heteroatoms. The SMILES string of the molecule is Cc1[nH]c2ccccc2c1[C@H]1c2ccccc2C(=O)N1CCC(=O)N1CCCCCC1. The second kappa shape index (κ2) is 8.22. The van der Waals surface area contributed by atoms with Gasteiger partial charge >= 0.3 is 0 Å². The summed E-state index contributed by atoms with van der Waals surface area (Å²) in [6.45, 7) is 4.20. The molecule has 5 nitrogen and oxygen atoms in total. The predicted octanol–water partition coefficient (Wildman–Crippen LogP) is 4.81. The van der Waals surface area contributed by atoms with E-state index in [1.807, 2.05) is 40.1 Å². The molecule has 3 heterocycles. The molecule has 2 aliphatic rings. The highest BCUT2D eigenvalue weighted by atomic mass is 16.2. The largest absolute Gasteiger partial charge is 0.358 e. The van der Waals surface area contributed by atoms with Crippen LogP contribution in [0.3, 0.4) is 0 Å². The molecule has 1 aromatic heterocycles. The van der Waals surface area contributed by atoms with Crippen LogP contribution in [0, 0.1) is 6.92 Å². The average molecular weight is 416 g/mol. The van der Waals surface area contributed by atoms with Gasteiger partial charge in [0.05, 0.1) is 6.04 Å². The maximum atomic E-state index is 13.4. The summed E-state index contributed by atoms with van der Waals surface area (Å²) in [5.74, 6) is 0.189. The van der Waals surface area contributed by atoms with Gasteiger partial charge in [0.2, 0.25) is 5.91 Å². The van der Waals surface area contributed by atoms with E-state index in [9.17, 15) is 9.59 Å². The van der Waals surface area contributed by atoms with E-state index >= 15 is 0 Å². The van der Waals surface area contributed by atoms with E-state index < -0.39 is 0 Å². The maximum Gasteiger partial charge on any atom is 0.255 e. The van der Waals surface area contributed by atoms with Crippen molar-refractivity contribution in [2.75, 3.05) is 19.6 Å². The van der Waals surface area contributed by atoms with Gasteiger partial charge in [0, 0.05) is 53.8 Å². The molecule has 1 fully saturated rings. The first-order chi connectivity index (χ1) is 15.1. The molecule has 0 unspecified atom stereocenters. The van der Waals surface area contributed by atoms with Gasteiger partial charge in [-0.3, -0.25) is 9.59 Å². The number of hydrogen-bond donors (Lipinski definition) is 1. The minimum atomic E-state index is -0.170. The summed E-state index contributed by atoms with van der Waals surface area (Å²) in [5.41, 5.74) is 5.06. The molecule has 0 aliphatic carbocycles. The topological polar surface area (TPSA) is 56.4 Å². The number of nitrogens with zero attached hydrogens (tertiary/aromatic N) is 2. The molecular weight excluding hydrogens is 386 g/mol. The predicted molar refractivity (Wildman–Crippen MR) is 122 cm³/mol. The summed E-state index contributed by atoms with van der Waals surface area (Å²) >= 11 is 0. The average Bonchev–Trinajstić information content (AvgIpc) is 3.09. The molecule has 1 N–H and O–H groups in total. The highest BCUT2D eigenvalue weighted by Crippen LogP contribution is 2.42. The number of rotatable bonds is 4. The molecule has 0 radical (unpaired) electrons. The standard InChI is InChI=1S/C26H29N3O2/c1-18-24(21-12-6-7-13-22(21)27-18)25-19-10-4-5-11-20(19)26(31)29(25)17-14-23(30)28-15-8-2-3-9-16-28/h4-7,10-13,25,27H,2-3,8-9,14-17H2,1H3/t25-/m1/s1. The van der Waals surface area contributed by atoms with Gasteiger partial charge in [-0.05, 0) is 37.5 Å². The zero-order chi connectivity index (χ0) is 21.4. The molecule has 1 atom stereocenters. The number of hydrogen-bond acceptors (Lipinski definition) is 2. The Kier molecular flexibility index (Phi) is 5.26. The lowest BCUT2D eigenvalue weighted by molar-refractivity contribution is -0.131. The van der Waals surface area contributed by atoms with Crippen molar-refractivity contribution in [1.29, 1.82) is 0 Å². The molecule has 3 aromatic rings. The Morgan fingerprint density at radius 1 is 1.00 bits per heavy atom. The maximum absolute atomic E-state index is 13.4. The lowest BCUT2D eigenvalue weighted by atomic mass is 9.95. The van der Waals surface area contributed by atoms with Crippen molar-refractivity contribution < 1.29 is 9.59 Å². The first-order valence-electron chi connectivity index (χ1n) is 11.4. The highest BCUT2D eigenvalue weighted by Gasteiger charge is 2.39. The van der Waals surface area contributed by atoms with Crippen LogP contribution in [0.25, 0.3) is 10.9 Å². The Labute approximate surface area is 183 Å². The minimum absolute atomic E-state index is 0.0222. The number of fused-ring (bicyclic) bond motifs is 2. The smallest absolute Gasteiger partial charge is 0.255 e. The van der Waals surface area contributed by atoms with Crippen molar-refractivity contribution >= 4 is 22.7 Å². The number of likely N-dealkylation sites (tertiary alicyclic amines) is 1. The number of aromatic amines is 1. The van der Waals surface area contributed by atoms with Crippen LogP contribution in [0.2, 0.25) is 0 Å². The Balaban J connectivity index is 1.48. The zero-order valence-corrected chi connectivity index (χ0v) is 18.1. The van der Waals surface area contributed by atoms with Gasteiger partial charge in [0.25, 0.3) is 5.91 Å². The van der Waals surface area contributed by atoms with E-state index in [4.69, 9.17) is 0 Å². The molecule has 0 saturated carbocycles. The summed E-state index contributed by atoms with van der Waals surface area (Å²) in [6.07, 6.45) is 4.93. The van der Waals surface area contributed by atoms with E-state index in [2.05, 4.69) is 30.1 Å². The van der Waals surface area contributed by atoms with Gasteiger partial charge in [-0.25, -0.2) is 0 Å². The minimum Gasteiger partial charge on any atom is -0.358 e. The van der Waals surface area contributed by atoms with E-state index in [1.165, 1.54) is 12.8 Å². The first-order valence-corrected chi connectivity index (χ1v) is 11.4. The number of aromatic nitrogens is 1. The van der Waals surface area contributed by atoms with Crippen molar-refractivity contribution in [3.05, 3.63) is 70.9 Å². The fraction of sp³-hybridized carbons (Fsp3) is 0.385.